The van der Waals surface area contributed by atoms with Gasteiger partial charge in [0, 0.05) is 12.6 Å². The van der Waals surface area contributed by atoms with E-state index in [-0.39, 0.29) is 30.1 Å². The van der Waals surface area contributed by atoms with Gasteiger partial charge in [-0.15, -0.1) is 0 Å². The van der Waals surface area contributed by atoms with Crippen LogP contribution >= 0.6 is 0 Å². The number of nitrogens with two attached hydrogens (primary N) is 1. The van der Waals surface area contributed by atoms with Crippen molar-refractivity contribution >= 4 is 11.8 Å². The molecule has 6 heteroatoms. The van der Waals surface area contributed by atoms with Crippen molar-refractivity contribution in [3.05, 3.63) is 35.1 Å². The van der Waals surface area contributed by atoms with Gasteiger partial charge in [0.05, 0.1) is 18.7 Å². The highest BCUT2D eigenvalue weighted by Gasteiger charge is 2.11. The fourth-order valence-corrected chi connectivity index (χ4v) is 1.31. The highest BCUT2D eigenvalue weighted by atomic mass is 19.1. The second kappa shape index (κ2) is 7.13. The predicted molar refractivity (Wildman–Crippen MR) is 68.7 cm³/mol. The lowest BCUT2D eigenvalue weighted by molar-refractivity contribution is -0.119. The van der Waals surface area contributed by atoms with Crippen LogP contribution in [-0.4, -0.2) is 32.0 Å². The Morgan fingerprint density at radius 2 is 2.16 bits per heavy atom. The Bertz CT molecular complexity index is 547. The molecular formula is C13H14FN3O2. The topological polar surface area (TPSA) is 84.2 Å². The number of likely N-dealkylation sites (N-methyl/N-ethyl adjacent to an activating group) is 1. The van der Waals surface area contributed by atoms with Crippen molar-refractivity contribution in [3.63, 3.8) is 0 Å². The molecule has 1 aromatic carbocycles. The van der Waals surface area contributed by atoms with Crippen LogP contribution in [0.1, 0.15) is 15.9 Å². The van der Waals surface area contributed by atoms with Gasteiger partial charge in [-0.2, -0.15) is 0 Å². The molecule has 0 spiro atoms. The van der Waals surface area contributed by atoms with Crippen molar-refractivity contribution in [2.45, 2.75) is 0 Å². The molecule has 0 fully saturated rings. The second-order valence-corrected chi connectivity index (χ2v) is 3.55. The minimum absolute atomic E-state index is 0.107. The number of benzene rings is 1. The third-order valence-electron chi connectivity index (χ3n) is 2.24. The van der Waals surface area contributed by atoms with Gasteiger partial charge >= 0.3 is 0 Å². The SMILES string of the molecule is CNC(=O)CNC(=O)c1ccc(F)cc1C#CCN. The molecule has 4 N–H and O–H groups in total. The summed E-state index contributed by atoms with van der Waals surface area (Å²) in [5, 5.41) is 4.79. The summed E-state index contributed by atoms with van der Waals surface area (Å²) in [6.07, 6.45) is 0. The van der Waals surface area contributed by atoms with Crippen LogP contribution in [0.3, 0.4) is 0 Å². The number of rotatable bonds is 3. The Balaban J connectivity index is 2.92. The van der Waals surface area contributed by atoms with Crippen LogP contribution in [0.15, 0.2) is 18.2 Å². The van der Waals surface area contributed by atoms with E-state index in [1.54, 1.807) is 0 Å². The second-order valence-electron chi connectivity index (χ2n) is 3.55. The van der Waals surface area contributed by atoms with Crippen LogP contribution < -0.4 is 16.4 Å². The van der Waals surface area contributed by atoms with Crippen molar-refractivity contribution in [2.75, 3.05) is 20.1 Å². The van der Waals surface area contributed by atoms with E-state index in [1.165, 1.54) is 13.1 Å². The Kier molecular flexibility index (Phi) is 5.51. The molecule has 19 heavy (non-hydrogen) atoms. The minimum Gasteiger partial charge on any atom is -0.358 e. The summed E-state index contributed by atoms with van der Waals surface area (Å²) >= 11 is 0. The minimum atomic E-state index is -0.496. The average molecular weight is 263 g/mol. The fourth-order valence-electron chi connectivity index (χ4n) is 1.31. The Morgan fingerprint density at radius 3 is 2.79 bits per heavy atom. The fraction of sp³-hybridized carbons (Fsp3) is 0.231. The summed E-state index contributed by atoms with van der Waals surface area (Å²) in [7, 11) is 1.46. The maximum absolute atomic E-state index is 13.1. The molecule has 0 aliphatic rings. The van der Waals surface area contributed by atoms with Crippen molar-refractivity contribution in [1.29, 1.82) is 0 Å². The van der Waals surface area contributed by atoms with E-state index in [9.17, 15) is 14.0 Å². The largest absolute Gasteiger partial charge is 0.358 e. The van der Waals surface area contributed by atoms with Crippen LogP contribution in [0.2, 0.25) is 0 Å². The number of hydrogen-bond donors (Lipinski definition) is 3. The lowest BCUT2D eigenvalue weighted by Gasteiger charge is -2.06. The summed E-state index contributed by atoms with van der Waals surface area (Å²) in [4.78, 5) is 22.9. The summed E-state index contributed by atoms with van der Waals surface area (Å²) < 4.78 is 13.1. The van der Waals surface area contributed by atoms with Crippen molar-refractivity contribution in [2.24, 2.45) is 5.73 Å². The molecule has 0 bridgehead atoms. The van der Waals surface area contributed by atoms with Gasteiger partial charge in [-0.1, -0.05) is 11.8 Å². The number of carbonyl (C=O) groups is 2. The summed E-state index contributed by atoms with van der Waals surface area (Å²) in [5.74, 6) is 3.85. The number of carbonyl (C=O) groups excluding carboxylic acids is 2. The average Bonchev–Trinajstić information content (AvgIpc) is 2.42. The highest BCUT2D eigenvalue weighted by molar-refractivity contribution is 5.98. The van der Waals surface area contributed by atoms with Crippen LogP contribution in [0.4, 0.5) is 4.39 Å². The molecule has 2 amide bonds. The molecule has 0 saturated heterocycles. The van der Waals surface area contributed by atoms with Crippen LogP contribution in [-0.2, 0) is 4.79 Å². The Morgan fingerprint density at radius 1 is 1.42 bits per heavy atom. The number of nitrogens with one attached hydrogen (secondary N) is 2. The zero-order chi connectivity index (χ0) is 14.3. The molecule has 0 atom stereocenters. The molecular weight excluding hydrogens is 249 g/mol. The first-order valence-electron chi connectivity index (χ1n) is 5.55. The maximum Gasteiger partial charge on any atom is 0.252 e. The number of halogens is 1. The quantitative estimate of drug-likeness (QED) is 0.649. The van der Waals surface area contributed by atoms with Crippen LogP contribution in [0.5, 0.6) is 0 Å². The first kappa shape index (κ1) is 14.7. The first-order valence-corrected chi connectivity index (χ1v) is 5.55. The van der Waals surface area contributed by atoms with Gasteiger partial charge in [0.15, 0.2) is 0 Å². The van der Waals surface area contributed by atoms with Gasteiger partial charge in [-0.05, 0) is 18.2 Å². The third kappa shape index (κ3) is 4.41. The predicted octanol–water partition coefficient (Wildman–Crippen LogP) is -0.388. The molecule has 0 unspecified atom stereocenters. The van der Waals surface area contributed by atoms with Gasteiger partial charge in [0.2, 0.25) is 5.91 Å². The molecule has 1 rings (SSSR count). The zero-order valence-electron chi connectivity index (χ0n) is 10.4. The molecule has 0 aromatic heterocycles. The monoisotopic (exact) mass is 263 g/mol. The van der Waals surface area contributed by atoms with Gasteiger partial charge in [-0.25, -0.2) is 4.39 Å². The van der Waals surface area contributed by atoms with Gasteiger partial charge < -0.3 is 16.4 Å². The van der Waals surface area contributed by atoms with Crippen molar-refractivity contribution in [3.8, 4) is 11.8 Å². The number of amides is 2. The molecule has 100 valence electrons. The standard InChI is InChI=1S/C13H14FN3O2/c1-16-12(18)8-17-13(19)11-5-4-10(14)7-9(11)3-2-6-15/h4-5,7H,6,8,15H2,1H3,(H,16,18)(H,17,19). The molecule has 5 nitrogen and oxygen atoms in total. The van der Waals surface area contributed by atoms with E-state index in [0.717, 1.165) is 12.1 Å². The van der Waals surface area contributed by atoms with Crippen LogP contribution in [0.25, 0.3) is 0 Å². The molecule has 1 aromatic rings. The van der Waals surface area contributed by atoms with E-state index in [1.807, 2.05) is 0 Å². The van der Waals surface area contributed by atoms with E-state index in [0.29, 0.717) is 0 Å². The lowest BCUT2D eigenvalue weighted by atomic mass is 10.1. The molecule has 0 heterocycles. The van der Waals surface area contributed by atoms with Crippen molar-refractivity contribution < 1.29 is 14.0 Å². The summed E-state index contributed by atoms with van der Waals surface area (Å²) in [5.41, 5.74) is 5.67. The molecule has 0 saturated carbocycles. The van der Waals surface area contributed by atoms with Gasteiger partial charge in [0.1, 0.15) is 5.82 Å². The maximum atomic E-state index is 13.1. The highest BCUT2D eigenvalue weighted by Crippen LogP contribution is 2.10. The molecule has 0 radical (unpaired) electrons. The smallest absolute Gasteiger partial charge is 0.252 e. The van der Waals surface area contributed by atoms with E-state index in [4.69, 9.17) is 5.73 Å². The van der Waals surface area contributed by atoms with E-state index < -0.39 is 11.7 Å². The Hall–Kier alpha value is -2.39. The van der Waals surface area contributed by atoms with Gasteiger partial charge in [-0.3, -0.25) is 9.59 Å². The summed E-state index contributed by atoms with van der Waals surface area (Å²) in [6.45, 7) is -0.0493. The summed E-state index contributed by atoms with van der Waals surface area (Å²) in [6, 6.07) is 3.62. The first-order chi connectivity index (χ1) is 9.08. The molecule has 0 aliphatic carbocycles. The van der Waals surface area contributed by atoms with E-state index >= 15 is 0 Å². The number of hydrogen-bond acceptors (Lipinski definition) is 3. The Labute approximate surface area is 110 Å². The van der Waals surface area contributed by atoms with Crippen LogP contribution in [0, 0.1) is 17.7 Å². The van der Waals surface area contributed by atoms with Crippen molar-refractivity contribution in [1.82, 2.24) is 10.6 Å². The normalized spacial score (nSPS) is 9.21. The van der Waals surface area contributed by atoms with Gasteiger partial charge in [0.25, 0.3) is 5.91 Å². The zero-order valence-corrected chi connectivity index (χ0v) is 10.4. The van der Waals surface area contributed by atoms with E-state index in [2.05, 4.69) is 22.5 Å². The lowest BCUT2D eigenvalue weighted by Crippen LogP contribution is -2.35. The molecule has 0 aliphatic heterocycles. The third-order valence-corrected chi connectivity index (χ3v) is 2.24.